The summed E-state index contributed by atoms with van der Waals surface area (Å²) in [5.74, 6) is -2.89. The molecule has 1 aliphatic carbocycles. The number of alkyl halides is 2. The highest BCUT2D eigenvalue weighted by Crippen LogP contribution is 2.45. The van der Waals surface area contributed by atoms with E-state index in [9.17, 15) is 18.1 Å². The first-order valence-corrected chi connectivity index (χ1v) is 12.8. The van der Waals surface area contributed by atoms with Crippen LogP contribution in [0.1, 0.15) is 56.0 Å². The smallest absolute Gasteiger partial charge is 0.302 e. The Morgan fingerprint density at radius 3 is 2.61 bits per heavy atom. The number of hydrogen-bond acceptors (Lipinski definition) is 8. The number of hydrogen-bond donors (Lipinski definition) is 2. The molecule has 2 unspecified atom stereocenters. The minimum absolute atomic E-state index is 0.0364. The van der Waals surface area contributed by atoms with Crippen molar-refractivity contribution in [3.05, 3.63) is 28.9 Å². The molecule has 2 aromatic heterocycles. The molecule has 0 aromatic carbocycles. The first-order valence-electron chi connectivity index (χ1n) is 11.1. The van der Waals surface area contributed by atoms with E-state index in [1.54, 1.807) is 12.4 Å². The second-order valence-electron chi connectivity index (χ2n) is 9.04. The Kier molecular flexibility index (Phi) is 5.98. The second kappa shape index (κ2) is 8.66. The maximum atomic E-state index is 14.7. The lowest BCUT2D eigenvalue weighted by Crippen LogP contribution is -2.48. The number of nitrogens with zero attached hydrogens (tertiary/aromatic N) is 5. The molecule has 2 atom stereocenters. The number of halogens is 3. The molecular weight excluding hydrogens is 474 g/mol. The summed E-state index contributed by atoms with van der Waals surface area (Å²) in [6.45, 7) is 1.01. The molecule has 0 spiro atoms. The normalized spacial score (nSPS) is 25.8. The van der Waals surface area contributed by atoms with E-state index in [-0.39, 0.29) is 29.2 Å². The first kappa shape index (κ1) is 22.8. The van der Waals surface area contributed by atoms with Gasteiger partial charge < -0.3 is 15.3 Å². The average Bonchev–Trinajstić information content (AvgIpc) is 2.91. The summed E-state index contributed by atoms with van der Waals surface area (Å²) in [5, 5.41) is 13.5. The Balaban J connectivity index is 1.45. The number of nitrogens with one attached hydrogen (secondary N) is 1. The van der Waals surface area contributed by atoms with Gasteiger partial charge in [0.1, 0.15) is 22.2 Å². The van der Waals surface area contributed by atoms with Crippen LogP contribution in [-0.4, -0.2) is 60.2 Å². The average molecular weight is 499 g/mol. The molecule has 2 N–H and O–H groups in total. The Hall–Kier alpha value is -1.98. The largest absolute Gasteiger partial charge is 0.394 e. The minimum Gasteiger partial charge on any atom is -0.394 e. The van der Waals surface area contributed by atoms with Gasteiger partial charge in [-0.1, -0.05) is 11.6 Å². The van der Waals surface area contributed by atoms with Crippen LogP contribution in [0.15, 0.2) is 17.3 Å². The van der Waals surface area contributed by atoms with Crippen LogP contribution < -0.4 is 10.2 Å². The third kappa shape index (κ3) is 4.30. The lowest BCUT2D eigenvalue weighted by Gasteiger charge is -2.41. The topological polar surface area (TPSA) is 104 Å². The molecule has 178 valence electrons. The van der Waals surface area contributed by atoms with E-state index in [2.05, 4.69) is 25.3 Å². The van der Waals surface area contributed by atoms with Crippen LogP contribution in [0.3, 0.4) is 0 Å². The van der Waals surface area contributed by atoms with Gasteiger partial charge in [0, 0.05) is 31.4 Å². The van der Waals surface area contributed by atoms with Crippen molar-refractivity contribution in [3.63, 3.8) is 0 Å². The molecular formula is C21H25ClF2N6O2S. The van der Waals surface area contributed by atoms with E-state index in [1.165, 1.54) is 0 Å². The van der Waals surface area contributed by atoms with Gasteiger partial charge >= 0.3 is 5.92 Å². The Labute approximate surface area is 197 Å². The highest BCUT2D eigenvalue weighted by Gasteiger charge is 2.49. The van der Waals surface area contributed by atoms with Gasteiger partial charge in [-0.3, -0.25) is 4.21 Å². The molecule has 1 saturated carbocycles. The van der Waals surface area contributed by atoms with Crippen LogP contribution in [0.5, 0.6) is 0 Å². The SMILES string of the molecule is O=S1CC(F)(F)c2nc(N3CCCC(c4ncc(Cl)cn4)CC3)nc(NC3(CO)CCC3)c21. The molecule has 2 aromatic rings. The second-order valence-corrected chi connectivity index (χ2v) is 10.9. The van der Waals surface area contributed by atoms with Crippen molar-refractivity contribution in [1.82, 2.24) is 19.9 Å². The summed E-state index contributed by atoms with van der Waals surface area (Å²) in [7, 11) is -1.91. The molecule has 2 fully saturated rings. The zero-order chi connectivity index (χ0) is 23.2. The summed E-state index contributed by atoms with van der Waals surface area (Å²) in [6.07, 6.45) is 7.84. The summed E-state index contributed by atoms with van der Waals surface area (Å²) in [4.78, 5) is 19.3. The fraction of sp³-hybridized carbons (Fsp3) is 0.619. The summed E-state index contributed by atoms with van der Waals surface area (Å²) < 4.78 is 42.0. The van der Waals surface area contributed by atoms with Crippen molar-refractivity contribution in [2.75, 3.05) is 35.7 Å². The Morgan fingerprint density at radius 1 is 1.18 bits per heavy atom. The molecule has 8 nitrogen and oxygen atoms in total. The van der Waals surface area contributed by atoms with Crippen LogP contribution in [0.25, 0.3) is 0 Å². The predicted molar refractivity (Wildman–Crippen MR) is 120 cm³/mol. The third-order valence-electron chi connectivity index (χ3n) is 6.75. The lowest BCUT2D eigenvalue weighted by atomic mass is 9.77. The molecule has 0 radical (unpaired) electrons. The predicted octanol–water partition coefficient (Wildman–Crippen LogP) is 3.23. The molecule has 0 amide bonds. The number of fused-ring (bicyclic) bond motifs is 1. The van der Waals surface area contributed by atoms with Crippen LogP contribution in [0.2, 0.25) is 5.02 Å². The van der Waals surface area contributed by atoms with Crippen LogP contribution in [0.4, 0.5) is 20.5 Å². The number of aliphatic hydroxyl groups excluding tert-OH is 1. The van der Waals surface area contributed by atoms with Gasteiger partial charge in [-0.25, -0.2) is 15.0 Å². The van der Waals surface area contributed by atoms with Crippen molar-refractivity contribution in [3.8, 4) is 0 Å². The van der Waals surface area contributed by atoms with Crippen LogP contribution >= 0.6 is 11.6 Å². The summed E-state index contributed by atoms with van der Waals surface area (Å²) in [6, 6.07) is 0. The van der Waals surface area contributed by atoms with Gasteiger partial charge in [-0.2, -0.15) is 13.8 Å². The Bertz CT molecular complexity index is 1060. The summed E-state index contributed by atoms with van der Waals surface area (Å²) >= 11 is 5.90. The van der Waals surface area contributed by atoms with Gasteiger partial charge in [0.25, 0.3) is 0 Å². The molecule has 12 heteroatoms. The van der Waals surface area contributed by atoms with E-state index in [1.807, 2.05) is 4.90 Å². The van der Waals surface area contributed by atoms with Gasteiger partial charge in [0.15, 0.2) is 0 Å². The molecule has 3 aliphatic rings. The zero-order valence-corrected chi connectivity index (χ0v) is 19.5. The standard InChI is InChI=1S/C21H25ClF2N6O2S/c22-14-9-25-17(26-10-14)13-3-1-7-30(8-4-13)19-27-16-15(33(32)12-21(16,23)24)18(28-19)29-20(11-31)5-2-6-20/h9-10,13,31H,1-8,11-12H2,(H,27,28,29). The van der Waals surface area contributed by atoms with E-state index >= 15 is 0 Å². The van der Waals surface area contributed by atoms with Crippen molar-refractivity contribution < 1.29 is 18.1 Å². The van der Waals surface area contributed by atoms with E-state index in [0.717, 1.165) is 25.1 Å². The van der Waals surface area contributed by atoms with Crippen molar-refractivity contribution in [1.29, 1.82) is 0 Å². The first-order chi connectivity index (χ1) is 15.8. The van der Waals surface area contributed by atoms with Gasteiger partial charge in [0.05, 0.1) is 33.7 Å². The number of aliphatic hydroxyl groups is 1. The minimum atomic E-state index is -3.29. The molecule has 2 aliphatic heterocycles. The fourth-order valence-corrected chi connectivity index (χ4v) is 6.13. The van der Waals surface area contributed by atoms with Gasteiger partial charge in [-0.15, -0.1) is 0 Å². The Morgan fingerprint density at radius 2 is 1.94 bits per heavy atom. The maximum Gasteiger partial charge on any atom is 0.302 e. The summed E-state index contributed by atoms with van der Waals surface area (Å²) in [5.41, 5.74) is -1.08. The maximum absolute atomic E-state index is 14.7. The lowest BCUT2D eigenvalue weighted by molar-refractivity contribution is 0.0191. The molecule has 1 saturated heterocycles. The van der Waals surface area contributed by atoms with Crippen LogP contribution in [-0.2, 0) is 16.7 Å². The highest BCUT2D eigenvalue weighted by atomic mass is 35.5. The van der Waals surface area contributed by atoms with Crippen molar-refractivity contribution >= 4 is 34.2 Å². The third-order valence-corrected chi connectivity index (χ3v) is 8.42. The van der Waals surface area contributed by atoms with E-state index in [0.29, 0.717) is 37.4 Å². The molecule has 5 rings (SSSR count). The number of rotatable bonds is 5. The van der Waals surface area contributed by atoms with E-state index in [4.69, 9.17) is 11.6 Å². The molecule has 0 bridgehead atoms. The van der Waals surface area contributed by atoms with Gasteiger partial charge in [-0.05, 0) is 38.5 Å². The quantitative estimate of drug-likeness (QED) is 0.647. The van der Waals surface area contributed by atoms with Crippen molar-refractivity contribution in [2.45, 2.75) is 60.8 Å². The highest BCUT2D eigenvalue weighted by molar-refractivity contribution is 7.85. The number of anilines is 2. The zero-order valence-electron chi connectivity index (χ0n) is 17.9. The monoisotopic (exact) mass is 498 g/mol. The van der Waals surface area contributed by atoms with Crippen molar-refractivity contribution in [2.24, 2.45) is 0 Å². The van der Waals surface area contributed by atoms with E-state index < -0.39 is 33.7 Å². The molecule has 33 heavy (non-hydrogen) atoms. The van der Waals surface area contributed by atoms with Gasteiger partial charge in [0.2, 0.25) is 5.95 Å². The molecule has 4 heterocycles. The van der Waals surface area contributed by atoms with Crippen LogP contribution in [0, 0.1) is 0 Å². The fourth-order valence-electron chi connectivity index (χ4n) is 4.70. The number of aromatic nitrogens is 4.